The summed E-state index contributed by atoms with van der Waals surface area (Å²) >= 11 is 0. The van der Waals surface area contributed by atoms with Crippen molar-refractivity contribution in [3.63, 3.8) is 0 Å². The minimum absolute atomic E-state index is 0.0350. The number of hydrogen-bond acceptors (Lipinski definition) is 3. The third kappa shape index (κ3) is 5.06. The number of carboxylic acids is 1. The molecular weight excluding hydrogens is 282 g/mol. The molecule has 0 spiro atoms. The van der Waals surface area contributed by atoms with E-state index in [1.165, 1.54) is 4.90 Å². The van der Waals surface area contributed by atoms with E-state index >= 15 is 0 Å². The summed E-state index contributed by atoms with van der Waals surface area (Å²) in [5, 5.41) is 8.94. The van der Waals surface area contributed by atoms with Crippen LogP contribution in [0.1, 0.15) is 41.0 Å². The Morgan fingerprint density at radius 2 is 1.82 bits per heavy atom. The summed E-state index contributed by atoms with van der Waals surface area (Å²) in [6.07, 6.45) is -0.148. The number of anilines is 1. The van der Waals surface area contributed by atoms with Crippen LogP contribution in [0.4, 0.5) is 5.69 Å². The summed E-state index contributed by atoms with van der Waals surface area (Å²) in [4.78, 5) is 25.1. The van der Waals surface area contributed by atoms with Crippen molar-refractivity contribution in [1.82, 2.24) is 0 Å². The molecule has 0 bridgehead atoms. The Morgan fingerprint density at radius 1 is 1.23 bits per heavy atom. The van der Waals surface area contributed by atoms with Crippen LogP contribution in [0.25, 0.3) is 0 Å². The lowest BCUT2D eigenvalue weighted by Gasteiger charge is -2.30. The molecule has 5 nitrogen and oxygen atoms in total. The standard InChI is InChI=1S/C17H25NO4/c1-12(2)22-14-9-7-6-8-13(14)18(11-10-15(19)20)16(21)17(3,4)5/h6-9,12H,10-11H2,1-5H3,(H,19,20). The van der Waals surface area contributed by atoms with E-state index in [2.05, 4.69) is 0 Å². The SMILES string of the molecule is CC(C)Oc1ccccc1N(CCC(=O)O)C(=O)C(C)(C)C. The molecule has 5 heteroatoms. The molecule has 1 aromatic rings. The molecule has 0 radical (unpaired) electrons. The first-order valence-electron chi connectivity index (χ1n) is 7.42. The number of aliphatic carboxylic acids is 1. The van der Waals surface area contributed by atoms with Gasteiger partial charge in [0.15, 0.2) is 0 Å². The summed E-state index contributed by atoms with van der Waals surface area (Å²) in [5.41, 5.74) is 0.000988. The van der Waals surface area contributed by atoms with Crippen molar-refractivity contribution in [2.45, 2.75) is 47.1 Å². The van der Waals surface area contributed by atoms with Gasteiger partial charge in [0, 0.05) is 12.0 Å². The molecule has 0 heterocycles. The molecule has 122 valence electrons. The lowest BCUT2D eigenvalue weighted by molar-refractivity contribution is -0.136. The van der Waals surface area contributed by atoms with E-state index in [0.717, 1.165) is 0 Å². The number of para-hydroxylation sites is 2. The van der Waals surface area contributed by atoms with Gasteiger partial charge in [-0.3, -0.25) is 9.59 Å². The molecule has 1 N–H and O–H groups in total. The van der Waals surface area contributed by atoms with Gasteiger partial charge < -0.3 is 14.7 Å². The topological polar surface area (TPSA) is 66.8 Å². The largest absolute Gasteiger partial charge is 0.489 e. The van der Waals surface area contributed by atoms with Crippen LogP contribution in [0, 0.1) is 5.41 Å². The second-order valence-corrected chi connectivity index (χ2v) is 6.48. The highest BCUT2D eigenvalue weighted by molar-refractivity contribution is 5.98. The molecule has 0 saturated heterocycles. The van der Waals surface area contributed by atoms with Gasteiger partial charge in [-0.15, -0.1) is 0 Å². The van der Waals surface area contributed by atoms with E-state index < -0.39 is 11.4 Å². The number of carbonyl (C=O) groups excluding carboxylic acids is 1. The molecule has 0 aliphatic rings. The van der Waals surface area contributed by atoms with Gasteiger partial charge in [0.25, 0.3) is 0 Å². The molecule has 0 atom stereocenters. The highest BCUT2D eigenvalue weighted by atomic mass is 16.5. The van der Waals surface area contributed by atoms with Crippen molar-refractivity contribution in [1.29, 1.82) is 0 Å². The Kier molecular flexibility index (Phi) is 5.97. The number of carboxylic acid groups (broad SMARTS) is 1. The van der Waals surface area contributed by atoms with E-state index in [0.29, 0.717) is 11.4 Å². The van der Waals surface area contributed by atoms with Crippen molar-refractivity contribution in [2.24, 2.45) is 5.41 Å². The molecule has 0 aromatic heterocycles. The molecule has 1 aromatic carbocycles. The summed E-state index contributed by atoms with van der Waals surface area (Å²) < 4.78 is 5.75. The monoisotopic (exact) mass is 307 g/mol. The predicted molar refractivity (Wildman–Crippen MR) is 86.3 cm³/mol. The van der Waals surface area contributed by atoms with Crippen LogP contribution < -0.4 is 9.64 Å². The fraction of sp³-hybridized carbons (Fsp3) is 0.529. The Hall–Kier alpha value is -2.04. The zero-order chi connectivity index (χ0) is 16.9. The highest BCUT2D eigenvalue weighted by Gasteiger charge is 2.30. The number of nitrogens with zero attached hydrogens (tertiary/aromatic N) is 1. The number of amides is 1. The third-order valence-corrected chi connectivity index (χ3v) is 2.95. The van der Waals surface area contributed by atoms with E-state index in [4.69, 9.17) is 9.84 Å². The number of carbonyl (C=O) groups is 2. The van der Waals surface area contributed by atoms with E-state index in [-0.39, 0.29) is 25.0 Å². The molecular formula is C17H25NO4. The Labute approximate surface area is 131 Å². The number of rotatable bonds is 6. The fourth-order valence-electron chi connectivity index (χ4n) is 1.98. The van der Waals surface area contributed by atoms with Gasteiger partial charge in [0.1, 0.15) is 5.75 Å². The lowest BCUT2D eigenvalue weighted by Crippen LogP contribution is -2.41. The van der Waals surface area contributed by atoms with Crippen molar-refractivity contribution in [2.75, 3.05) is 11.4 Å². The summed E-state index contributed by atoms with van der Waals surface area (Å²) in [5.74, 6) is -0.483. The molecule has 0 aliphatic carbocycles. The van der Waals surface area contributed by atoms with E-state index in [1.807, 2.05) is 46.8 Å². The minimum atomic E-state index is -0.936. The number of hydrogen-bond donors (Lipinski definition) is 1. The van der Waals surface area contributed by atoms with E-state index in [1.54, 1.807) is 12.1 Å². The quantitative estimate of drug-likeness (QED) is 0.875. The molecule has 0 aliphatic heterocycles. The van der Waals surface area contributed by atoms with Crippen molar-refractivity contribution in [3.8, 4) is 5.75 Å². The molecule has 22 heavy (non-hydrogen) atoms. The van der Waals surface area contributed by atoms with Gasteiger partial charge in [-0.05, 0) is 26.0 Å². The Morgan fingerprint density at radius 3 is 2.32 bits per heavy atom. The van der Waals surface area contributed by atoms with Crippen LogP contribution in [0.5, 0.6) is 5.75 Å². The van der Waals surface area contributed by atoms with Crippen LogP contribution in [0.3, 0.4) is 0 Å². The van der Waals surface area contributed by atoms with Crippen LogP contribution >= 0.6 is 0 Å². The van der Waals surface area contributed by atoms with Crippen molar-refractivity contribution < 1.29 is 19.4 Å². The third-order valence-electron chi connectivity index (χ3n) is 2.95. The second-order valence-electron chi connectivity index (χ2n) is 6.48. The molecule has 1 rings (SSSR count). The maximum absolute atomic E-state index is 12.7. The molecule has 1 amide bonds. The van der Waals surface area contributed by atoms with Crippen LogP contribution in [0.2, 0.25) is 0 Å². The Balaban J connectivity index is 3.20. The Bertz CT molecular complexity index is 532. The van der Waals surface area contributed by atoms with Crippen molar-refractivity contribution in [3.05, 3.63) is 24.3 Å². The van der Waals surface area contributed by atoms with Gasteiger partial charge in [-0.2, -0.15) is 0 Å². The zero-order valence-electron chi connectivity index (χ0n) is 13.9. The van der Waals surface area contributed by atoms with Gasteiger partial charge in [-0.1, -0.05) is 32.9 Å². The smallest absolute Gasteiger partial charge is 0.305 e. The molecule has 0 unspecified atom stereocenters. The number of ether oxygens (including phenoxy) is 1. The molecule has 0 fully saturated rings. The summed E-state index contributed by atoms with van der Waals surface area (Å²) in [7, 11) is 0. The second kappa shape index (κ2) is 7.29. The average molecular weight is 307 g/mol. The molecule has 0 saturated carbocycles. The van der Waals surface area contributed by atoms with Crippen LogP contribution in [-0.2, 0) is 9.59 Å². The maximum Gasteiger partial charge on any atom is 0.305 e. The first-order chi connectivity index (χ1) is 10.1. The first-order valence-corrected chi connectivity index (χ1v) is 7.42. The predicted octanol–water partition coefficient (Wildman–Crippen LogP) is 3.33. The van der Waals surface area contributed by atoms with Gasteiger partial charge in [0.2, 0.25) is 5.91 Å². The number of benzene rings is 1. The van der Waals surface area contributed by atoms with Gasteiger partial charge in [0.05, 0.1) is 18.2 Å². The minimum Gasteiger partial charge on any atom is -0.489 e. The van der Waals surface area contributed by atoms with Crippen LogP contribution in [-0.4, -0.2) is 29.6 Å². The zero-order valence-corrected chi connectivity index (χ0v) is 13.9. The lowest BCUT2D eigenvalue weighted by atomic mass is 9.94. The summed E-state index contributed by atoms with van der Waals surface area (Å²) in [6.45, 7) is 9.37. The fourth-order valence-corrected chi connectivity index (χ4v) is 1.98. The average Bonchev–Trinajstić information content (AvgIpc) is 2.38. The van der Waals surface area contributed by atoms with E-state index in [9.17, 15) is 9.59 Å². The van der Waals surface area contributed by atoms with Gasteiger partial charge in [-0.25, -0.2) is 0 Å². The first kappa shape index (κ1) is 18.0. The van der Waals surface area contributed by atoms with Crippen LogP contribution in [0.15, 0.2) is 24.3 Å². The normalized spacial score (nSPS) is 11.4. The maximum atomic E-state index is 12.7. The van der Waals surface area contributed by atoms with Gasteiger partial charge >= 0.3 is 5.97 Å². The highest BCUT2D eigenvalue weighted by Crippen LogP contribution is 2.32. The summed E-state index contributed by atoms with van der Waals surface area (Å²) in [6, 6.07) is 7.21. The van der Waals surface area contributed by atoms with Crippen molar-refractivity contribution >= 4 is 17.6 Å².